The minimum Gasteiger partial charge on any atom is -0.396 e. The van der Waals surface area contributed by atoms with Crippen LogP contribution in [0.25, 0.3) is 0 Å². The lowest BCUT2D eigenvalue weighted by Gasteiger charge is -2.33. The van der Waals surface area contributed by atoms with Crippen LogP contribution >= 0.6 is 0 Å². The monoisotopic (exact) mass is 306 g/mol. The fourth-order valence-electron chi connectivity index (χ4n) is 2.89. The van der Waals surface area contributed by atoms with Crippen molar-refractivity contribution in [2.45, 2.75) is 38.8 Å². The number of benzene rings is 1. The summed E-state index contributed by atoms with van der Waals surface area (Å²) in [7, 11) is 1.74. The van der Waals surface area contributed by atoms with Crippen molar-refractivity contribution in [1.82, 2.24) is 5.32 Å². The SMILES string of the molecule is COCCC(C)NCc1ccc(N2CCC(CO)CC2)cc1. The van der Waals surface area contributed by atoms with Gasteiger partial charge in [0.1, 0.15) is 0 Å². The van der Waals surface area contributed by atoms with E-state index in [0.717, 1.165) is 45.5 Å². The van der Waals surface area contributed by atoms with Crippen LogP contribution in [0.15, 0.2) is 24.3 Å². The van der Waals surface area contributed by atoms with Crippen LogP contribution in [0.1, 0.15) is 31.7 Å². The highest BCUT2D eigenvalue weighted by Gasteiger charge is 2.18. The van der Waals surface area contributed by atoms with E-state index in [1.54, 1.807) is 7.11 Å². The minimum absolute atomic E-state index is 0.333. The molecular weight excluding hydrogens is 276 g/mol. The first-order chi connectivity index (χ1) is 10.7. The van der Waals surface area contributed by atoms with Gasteiger partial charge in [0.25, 0.3) is 0 Å². The molecule has 0 aromatic heterocycles. The molecule has 1 atom stereocenters. The van der Waals surface area contributed by atoms with E-state index in [2.05, 4.69) is 41.4 Å². The molecule has 0 bridgehead atoms. The van der Waals surface area contributed by atoms with Gasteiger partial charge in [-0.1, -0.05) is 12.1 Å². The maximum Gasteiger partial charge on any atom is 0.0476 e. The van der Waals surface area contributed by atoms with E-state index in [1.807, 2.05) is 0 Å². The number of anilines is 1. The maximum absolute atomic E-state index is 9.21. The van der Waals surface area contributed by atoms with E-state index in [4.69, 9.17) is 4.74 Å². The molecule has 4 nitrogen and oxygen atoms in total. The standard InChI is InChI=1S/C18H30N2O2/c1-15(9-12-22-2)19-13-16-3-5-18(6-4-16)20-10-7-17(14-21)8-11-20/h3-6,15,17,19,21H,7-14H2,1-2H3. The molecule has 0 saturated carbocycles. The van der Waals surface area contributed by atoms with Gasteiger partial charge in [-0.2, -0.15) is 0 Å². The van der Waals surface area contributed by atoms with E-state index in [9.17, 15) is 5.11 Å². The van der Waals surface area contributed by atoms with Gasteiger partial charge in [0.05, 0.1) is 0 Å². The van der Waals surface area contributed by atoms with Gasteiger partial charge >= 0.3 is 0 Å². The predicted octanol–water partition coefficient (Wildman–Crippen LogP) is 2.41. The summed E-state index contributed by atoms with van der Waals surface area (Å²) in [5, 5.41) is 12.7. The number of hydrogen-bond donors (Lipinski definition) is 2. The van der Waals surface area contributed by atoms with E-state index in [1.165, 1.54) is 11.3 Å². The first-order valence-corrected chi connectivity index (χ1v) is 8.40. The van der Waals surface area contributed by atoms with Crippen molar-refractivity contribution in [3.63, 3.8) is 0 Å². The molecule has 1 aromatic carbocycles. The molecule has 1 fully saturated rings. The van der Waals surface area contributed by atoms with Crippen molar-refractivity contribution in [1.29, 1.82) is 0 Å². The Hall–Kier alpha value is -1.10. The number of nitrogens with zero attached hydrogens (tertiary/aromatic N) is 1. The van der Waals surface area contributed by atoms with Crippen LogP contribution in [0.4, 0.5) is 5.69 Å². The molecule has 0 spiro atoms. The first-order valence-electron chi connectivity index (χ1n) is 8.40. The Balaban J connectivity index is 1.78. The molecule has 1 saturated heterocycles. The smallest absolute Gasteiger partial charge is 0.0476 e. The average Bonchev–Trinajstić information content (AvgIpc) is 2.58. The van der Waals surface area contributed by atoms with Gasteiger partial charge < -0.3 is 20.1 Å². The molecule has 0 amide bonds. The normalized spacial score (nSPS) is 17.7. The summed E-state index contributed by atoms with van der Waals surface area (Å²) in [5.74, 6) is 0.494. The molecule has 1 aromatic rings. The summed E-state index contributed by atoms with van der Waals surface area (Å²) >= 11 is 0. The Labute approximate surface area is 134 Å². The van der Waals surface area contributed by atoms with Crippen LogP contribution in [0.3, 0.4) is 0 Å². The first kappa shape index (κ1) is 17.3. The van der Waals surface area contributed by atoms with Crippen molar-refractivity contribution in [3.8, 4) is 0 Å². The van der Waals surface area contributed by atoms with Gasteiger partial charge in [-0.3, -0.25) is 0 Å². The van der Waals surface area contributed by atoms with Crippen molar-refractivity contribution in [2.75, 3.05) is 38.3 Å². The largest absolute Gasteiger partial charge is 0.396 e. The second-order valence-corrected chi connectivity index (χ2v) is 6.34. The predicted molar refractivity (Wildman–Crippen MR) is 91.3 cm³/mol. The fraction of sp³-hybridized carbons (Fsp3) is 0.667. The molecule has 1 aliphatic rings. The maximum atomic E-state index is 9.21. The van der Waals surface area contributed by atoms with Crippen LogP contribution in [0, 0.1) is 5.92 Å². The number of ether oxygens (including phenoxy) is 1. The number of aliphatic hydroxyl groups is 1. The summed E-state index contributed by atoms with van der Waals surface area (Å²) in [6.07, 6.45) is 3.22. The van der Waals surface area contributed by atoms with Crippen molar-refractivity contribution in [3.05, 3.63) is 29.8 Å². The average molecular weight is 306 g/mol. The number of piperidine rings is 1. The summed E-state index contributed by atoms with van der Waals surface area (Å²) < 4.78 is 5.10. The Morgan fingerprint density at radius 1 is 1.27 bits per heavy atom. The van der Waals surface area contributed by atoms with Gasteiger partial charge in [-0.25, -0.2) is 0 Å². The Bertz CT molecular complexity index is 414. The highest BCUT2D eigenvalue weighted by Crippen LogP contribution is 2.23. The lowest BCUT2D eigenvalue weighted by molar-refractivity contribution is 0.184. The minimum atomic E-state index is 0.333. The highest BCUT2D eigenvalue weighted by atomic mass is 16.5. The fourth-order valence-corrected chi connectivity index (χ4v) is 2.89. The number of aliphatic hydroxyl groups excluding tert-OH is 1. The van der Waals surface area contributed by atoms with Gasteiger partial charge in [0.15, 0.2) is 0 Å². The molecule has 124 valence electrons. The zero-order valence-electron chi connectivity index (χ0n) is 13.9. The summed E-state index contributed by atoms with van der Waals surface area (Å²) in [6, 6.07) is 9.33. The molecule has 2 rings (SSSR count). The molecule has 1 heterocycles. The Kier molecular flexibility index (Phi) is 7.16. The zero-order chi connectivity index (χ0) is 15.8. The van der Waals surface area contributed by atoms with Gasteiger partial charge in [0, 0.05) is 51.7 Å². The lowest BCUT2D eigenvalue weighted by Crippen LogP contribution is -2.34. The van der Waals surface area contributed by atoms with Crippen LogP contribution < -0.4 is 10.2 Å². The quantitative estimate of drug-likeness (QED) is 0.774. The molecule has 0 aliphatic carbocycles. The van der Waals surface area contributed by atoms with Crippen LogP contribution in [-0.4, -0.2) is 44.6 Å². The molecule has 1 aliphatic heterocycles. The summed E-state index contributed by atoms with van der Waals surface area (Å²) in [4.78, 5) is 2.42. The van der Waals surface area contributed by atoms with Gasteiger partial charge in [-0.05, 0) is 49.8 Å². The molecule has 4 heteroatoms. The van der Waals surface area contributed by atoms with E-state index < -0.39 is 0 Å². The Morgan fingerprint density at radius 3 is 2.55 bits per heavy atom. The number of hydrogen-bond acceptors (Lipinski definition) is 4. The van der Waals surface area contributed by atoms with Crippen molar-refractivity contribution >= 4 is 5.69 Å². The molecular formula is C18H30N2O2. The second-order valence-electron chi connectivity index (χ2n) is 6.34. The van der Waals surface area contributed by atoms with Crippen LogP contribution in [0.5, 0.6) is 0 Å². The summed E-state index contributed by atoms with van der Waals surface area (Å²) in [5.41, 5.74) is 2.62. The summed E-state index contributed by atoms with van der Waals surface area (Å²) in [6.45, 7) is 6.33. The molecule has 0 radical (unpaired) electrons. The third-order valence-electron chi connectivity index (χ3n) is 4.58. The third-order valence-corrected chi connectivity index (χ3v) is 4.58. The highest BCUT2D eigenvalue weighted by molar-refractivity contribution is 5.48. The topological polar surface area (TPSA) is 44.7 Å². The van der Waals surface area contributed by atoms with Crippen LogP contribution in [0.2, 0.25) is 0 Å². The lowest BCUT2D eigenvalue weighted by atomic mass is 9.97. The zero-order valence-corrected chi connectivity index (χ0v) is 13.9. The number of methoxy groups -OCH3 is 1. The molecule has 22 heavy (non-hydrogen) atoms. The molecule has 2 N–H and O–H groups in total. The van der Waals surface area contributed by atoms with E-state index >= 15 is 0 Å². The third kappa shape index (κ3) is 5.27. The van der Waals surface area contributed by atoms with Gasteiger partial charge in [0.2, 0.25) is 0 Å². The van der Waals surface area contributed by atoms with Crippen molar-refractivity contribution in [2.24, 2.45) is 5.92 Å². The van der Waals surface area contributed by atoms with E-state index in [0.29, 0.717) is 18.6 Å². The second kappa shape index (κ2) is 9.13. The van der Waals surface area contributed by atoms with Crippen molar-refractivity contribution < 1.29 is 9.84 Å². The van der Waals surface area contributed by atoms with Crippen LogP contribution in [-0.2, 0) is 11.3 Å². The Morgan fingerprint density at radius 2 is 1.95 bits per heavy atom. The number of rotatable bonds is 8. The van der Waals surface area contributed by atoms with Gasteiger partial charge in [-0.15, -0.1) is 0 Å². The van der Waals surface area contributed by atoms with E-state index in [-0.39, 0.29) is 0 Å². The molecule has 1 unspecified atom stereocenters. The number of nitrogens with one attached hydrogen (secondary N) is 1.